The van der Waals surface area contributed by atoms with Crippen molar-refractivity contribution in [2.45, 2.75) is 12.3 Å². The maximum Gasteiger partial charge on any atom is 0.262 e. The van der Waals surface area contributed by atoms with Crippen molar-refractivity contribution in [1.29, 1.82) is 0 Å². The monoisotopic (exact) mass is 530 g/mol. The van der Waals surface area contributed by atoms with E-state index in [2.05, 4.69) is 21.2 Å². The molecule has 0 unspecified atom stereocenters. The fraction of sp³-hybridized carbons (Fsp3) is 0.167. The van der Waals surface area contributed by atoms with Crippen molar-refractivity contribution >= 4 is 62.5 Å². The molecular formula is C24H20BrClN2O3S. The molecule has 1 fully saturated rings. The third-order valence-corrected chi connectivity index (χ3v) is 6.81. The smallest absolute Gasteiger partial charge is 0.262 e. The molecule has 1 aliphatic rings. The van der Waals surface area contributed by atoms with Gasteiger partial charge in [-0.2, -0.15) is 0 Å². The first-order valence-corrected chi connectivity index (χ1v) is 12.1. The first kappa shape index (κ1) is 22.7. The number of anilines is 2. The highest BCUT2D eigenvalue weighted by atomic mass is 79.9. The third-order valence-electron chi connectivity index (χ3n) is 4.87. The number of benzene rings is 3. The van der Waals surface area contributed by atoms with Gasteiger partial charge in [0.1, 0.15) is 11.1 Å². The summed E-state index contributed by atoms with van der Waals surface area (Å²) in [6.07, 6.45) is 0. The predicted octanol–water partition coefficient (Wildman–Crippen LogP) is 6.21. The van der Waals surface area contributed by atoms with E-state index in [9.17, 15) is 9.59 Å². The van der Waals surface area contributed by atoms with Crippen LogP contribution < -0.4 is 15.0 Å². The highest BCUT2D eigenvalue weighted by molar-refractivity contribution is 9.10. The van der Waals surface area contributed by atoms with Crippen LogP contribution >= 0.6 is 39.3 Å². The molecular weight excluding hydrogens is 512 g/mol. The number of rotatable bonds is 6. The standard InChI is InChI=1S/C24H20BrClN2O3S/c1-15-3-2-4-18(11-15)27-22(29)13-31-21-10-5-16(25)12-20(21)24-28(23(30)14-32-24)19-8-6-17(26)7-9-19/h2-12,24H,13-14H2,1H3,(H,27,29)/t24-/m1/s1. The average Bonchev–Trinajstić information content (AvgIpc) is 3.14. The number of carbonyl (C=O) groups excluding carboxylic acids is 2. The number of hydrogen-bond donors (Lipinski definition) is 1. The number of nitrogens with one attached hydrogen (secondary N) is 1. The lowest BCUT2D eigenvalue weighted by Crippen LogP contribution is -2.28. The molecule has 5 nitrogen and oxygen atoms in total. The van der Waals surface area contributed by atoms with Gasteiger partial charge in [0.15, 0.2) is 6.61 Å². The molecule has 2 amide bonds. The average molecular weight is 532 g/mol. The molecule has 0 aliphatic carbocycles. The van der Waals surface area contributed by atoms with Crippen molar-refractivity contribution in [3.05, 3.63) is 87.4 Å². The van der Waals surface area contributed by atoms with Crippen LogP contribution in [-0.4, -0.2) is 24.2 Å². The van der Waals surface area contributed by atoms with E-state index in [0.717, 1.165) is 27.0 Å². The zero-order valence-corrected chi connectivity index (χ0v) is 20.3. The van der Waals surface area contributed by atoms with Crippen LogP contribution in [0.3, 0.4) is 0 Å². The zero-order valence-electron chi connectivity index (χ0n) is 17.2. The van der Waals surface area contributed by atoms with Crippen LogP contribution in [0.2, 0.25) is 5.02 Å². The zero-order chi connectivity index (χ0) is 22.7. The fourth-order valence-corrected chi connectivity index (χ4v) is 5.14. The summed E-state index contributed by atoms with van der Waals surface area (Å²) in [7, 11) is 0. The van der Waals surface area contributed by atoms with Crippen LogP contribution in [0.4, 0.5) is 11.4 Å². The van der Waals surface area contributed by atoms with Crippen molar-refractivity contribution in [3.63, 3.8) is 0 Å². The molecule has 3 aromatic rings. The van der Waals surface area contributed by atoms with E-state index in [0.29, 0.717) is 16.5 Å². The van der Waals surface area contributed by atoms with Crippen LogP contribution in [-0.2, 0) is 9.59 Å². The summed E-state index contributed by atoms with van der Waals surface area (Å²) >= 11 is 11.0. The highest BCUT2D eigenvalue weighted by Crippen LogP contribution is 2.45. The molecule has 1 aliphatic heterocycles. The summed E-state index contributed by atoms with van der Waals surface area (Å²) in [5.41, 5.74) is 3.36. The number of hydrogen-bond acceptors (Lipinski definition) is 4. The molecule has 0 aromatic heterocycles. The Morgan fingerprint density at radius 1 is 1.19 bits per heavy atom. The molecule has 1 saturated heterocycles. The van der Waals surface area contributed by atoms with E-state index in [1.54, 1.807) is 17.0 Å². The van der Waals surface area contributed by atoms with E-state index in [-0.39, 0.29) is 23.8 Å². The third kappa shape index (κ3) is 5.28. The van der Waals surface area contributed by atoms with Gasteiger partial charge in [-0.05, 0) is 67.1 Å². The van der Waals surface area contributed by atoms with Crippen LogP contribution in [0.15, 0.2) is 71.2 Å². The maximum atomic E-state index is 12.7. The van der Waals surface area contributed by atoms with E-state index >= 15 is 0 Å². The molecule has 1 atom stereocenters. The van der Waals surface area contributed by atoms with Crippen molar-refractivity contribution in [1.82, 2.24) is 0 Å². The van der Waals surface area contributed by atoms with Gasteiger partial charge >= 0.3 is 0 Å². The van der Waals surface area contributed by atoms with Gasteiger partial charge in [0, 0.05) is 26.4 Å². The van der Waals surface area contributed by atoms with Crippen molar-refractivity contribution in [2.75, 3.05) is 22.6 Å². The van der Waals surface area contributed by atoms with Crippen molar-refractivity contribution < 1.29 is 14.3 Å². The summed E-state index contributed by atoms with van der Waals surface area (Å²) < 4.78 is 6.76. The number of carbonyl (C=O) groups is 2. The number of ether oxygens (including phenoxy) is 1. The minimum atomic E-state index is -0.281. The van der Waals surface area contributed by atoms with E-state index in [1.807, 2.05) is 61.5 Å². The topological polar surface area (TPSA) is 58.6 Å². The quantitative estimate of drug-likeness (QED) is 0.411. The van der Waals surface area contributed by atoms with E-state index in [1.165, 1.54) is 11.8 Å². The Hall–Kier alpha value is -2.48. The molecule has 0 spiro atoms. The number of aryl methyl sites for hydroxylation is 1. The maximum absolute atomic E-state index is 12.7. The normalized spacial score (nSPS) is 15.7. The van der Waals surface area contributed by atoms with Crippen molar-refractivity contribution in [3.8, 4) is 5.75 Å². The fourth-order valence-electron chi connectivity index (χ4n) is 3.44. The lowest BCUT2D eigenvalue weighted by molar-refractivity contribution is -0.118. The molecule has 164 valence electrons. The first-order chi connectivity index (χ1) is 15.4. The Morgan fingerprint density at radius 2 is 1.97 bits per heavy atom. The Balaban J connectivity index is 1.54. The van der Waals surface area contributed by atoms with E-state index < -0.39 is 0 Å². The Labute approximate surface area is 204 Å². The van der Waals surface area contributed by atoms with Gasteiger partial charge in [0.2, 0.25) is 5.91 Å². The van der Waals surface area contributed by atoms with Crippen LogP contribution in [0.1, 0.15) is 16.5 Å². The Kier molecular flexibility index (Phi) is 7.08. The molecule has 32 heavy (non-hydrogen) atoms. The Morgan fingerprint density at radius 3 is 2.72 bits per heavy atom. The van der Waals surface area contributed by atoms with Gasteiger partial charge in [-0.1, -0.05) is 39.7 Å². The van der Waals surface area contributed by atoms with Gasteiger partial charge in [-0.15, -0.1) is 11.8 Å². The molecule has 8 heteroatoms. The minimum absolute atomic E-state index is 0.00504. The summed E-state index contributed by atoms with van der Waals surface area (Å²) in [5.74, 6) is 0.658. The number of nitrogens with zero attached hydrogens (tertiary/aromatic N) is 1. The van der Waals surface area contributed by atoms with Crippen LogP contribution in [0.25, 0.3) is 0 Å². The number of amides is 2. The number of thioether (sulfide) groups is 1. The molecule has 4 rings (SSSR count). The molecule has 0 saturated carbocycles. The first-order valence-electron chi connectivity index (χ1n) is 9.89. The summed E-state index contributed by atoms with van der Waals surface area (Å²) in [5, 5.41) is 3.17. The van der Waals surface area contributed by atoms with Crippen LogP contribution in [0, 0.1) is 6.92 Å². The Bertz CT molecular complexity index is 1160. The second-order valence-corrected chi connectivity index (χ2v) is 9.71. The predicted molar refractivity (Wildman–Crippen MR) is 134 cm³/mol. The van der Waals surface area contributed by atoms with E-state index in [4.69, 9.17) is 16.3 Å². The van der Waals surface area contributed by atoms with Crippen LogP contribution in [0.5, 0.6) is 5.75 Å². The lowest BCUT2D eigenvalue weighted by Gasteiger charge is -2.26. The molecule has 0 bridgehead atoms. The SMILES string of the molecule is Cc1cccc(NC(=O)COc2ccc(Br)cc2[C@H]2SCC(=O)N2c2ccc(Cl)cc2)c1. The highest BCUT2D eigenvalue weighted by Gasteiger charge is 2.36. The molecule has 0 radical (unpaired) electrons. The minimum Gasteiger partial charge on any atom is -0.483 e. The van der Waals surface area contributed by atoms with Gasteiger partial charge in [-0.25, -0.2) is 0 Å². The largest absolute Gasteiger partial charge is 0.483 e. The molecule has 1 N–H and O–H groups in total. The second-order valence-electron chi connectivity index (χ2n) is 7.29. The summed E-state index contributed by atoms with van der Waals surface area (Å²) in [6, 6.07) is 20.3. The van der Waals surface area contributed by atoms with Gasteiger partial charge in [0.25, 0.3) is 5.91 Å². The molecule has 3 aromatic carbocycles. The summed E-state index contributed by atoms with van der Waals surface area (Å²) in [4.78, 5) is 26.9. The second kappa shape index (κ2) is 9.98. The molecule has 1 heterocycles. The number of halogens is 2. The lowest BCUT2D eigenvalue weighted by atomic mass is 10.1. The van der Waals surface area contributed by atoms with Gasteiger partial charge in [-0.3, -0.25) is 14.5 Å². The summed E-state index contributed by atoms with van der Waals surface area (Å²) in [6.45, 7) is 1.82. The van der Waals surface area contributed by atoms with Gasteiger partial charge < -0.3 is 10.1 Å². The van der Waals surface area contributed by atoms with Gasteiger partial charge in [0.05, 0.1) is 5.75 Å². The van der Waals surface area contributed by atoms with Crippen molar-refractivity contribution in [2.24, 2.45) is 0 Å².